The molecule has 92 heavy (non-hydrogen) atoms. The number of hydrogen-bond acceptors (Lipinski definition) is 36. The van der Waals surface area contributed by atoms with Crippen LogP contribution in [-0.4, -0.2) is 248 Å². The predicted octanol–water partition coefficient (Wildman–Crippen LogP) is -20.8. The van der Waals surface area contributed by atoms with Crippen LogP contribution in [0.3, 0.4) is 0 Å². The second-order valence-electron chi connectivity index (χ2n) is 18.0. The first-order valence-corrected chi connectivity index (χ1v) is 28.8. The summed E-state index contributed by atoms with van der Waals surface area (Å²) >= 11 is 0. The van der Waals surface area contributed by atoms with Crippen molar-refractivity contribution in [2.45, 2.75) is 0 Å². The molecule has 0 saturated heterocycles. The van der Waals surface area contributed by atoms with Crippen molar-refractivity contribution in [3.8, 4) is 0 Å². The van der Waals surface area contributed by atoms with Crippen LogP contribution in [0.1, 0.15) is 41.4 Å². The molecule has 0 spiro atoms. The van der Waals surface area contributed by atoms with Gasteiger partial charge in [0.05, 0.1) is 23.9 Å². The van der Waals surface area contributed by atoms with Crippen LogP contribution < -0.4 is 95.0 Å². The Balaban J connectivity index is -0.0000000761. The molecule has 36 nitrogen and oxygen atoms in total. The van der Waals surface area contributed by atoms with E-state index in [4.69, 9.17) is 74.5 Å². The summed E-state index contributed by atoms with van der Waals surface area (Å²) in [6.07, 6.45) is 11.3. The molecule has 0 fully saturated rings. The second-order valence-corrected chi connectivity index (χ2v) is 21.1. The third-order valence-electron chi connectivity index (χ3n) is 7.64. The summed E-state index contributed by atoms with van der Waals surface area (Å²) in [5.74, 6) is -4.68. The molecule has 0 aromatic carbocycles. The summed E-state index contributed by atoms with van der Waals surface area (Å²) in [5.41, 5.74) is 0.630. The summed E-state index contributed by atoms with van der Waals surface area (Å²) in [7, 11) is 13.6. The molecule has 4 rings (SSSR count). The van der Waals surface area contributed by atoms with Crippen LogP contribution in [0.5, 0.6) is 0 Å². The minimum Gasteiger partial charge on any atom is -0.545 e. The van der Waals surface area contributed by atoms with Gasteiger partial charge in [-0.3, -0.25) is 19.9 Å². The van der Waals surface area contributed by atoms with Crippen LogP contribution in [-0.2, 0) is 81.7 Å². The average molecular weight is 1780 g/mol. The summed E-state index contributed by atoms with van der Waals surface area (Å²) in [6, 6.07) is 11.1. The number of aromatic carboxylic acids is 4. The number of rotatable bonds is 16. The van der Waals surface area contributed by atoms with Gasteiger partial charge in [0.25, 0.3) is 0 Å². The Labute approximate surface area is 600 Å². The summed E-state index contributed by atoms with van der Waals surface area (Å²) in [5, 5.41) is 40.2. The zero-order chi connectivity index (χ0) is 71.0. The van der Waals surface area contributed by atoms with Crippen molar-refractivity contribution in [3.63, 3.8) is 0 Å². The number of carbonyl (C=O) groups is 4. The Kier molecular flexibility index (Phi) is 90.1. The minimum atomic E-state index is -4.94. The molecule has 0 radical (unpaired) electrons. The monoisotopic (exact) mass is 1770 g/mol. The maximum absolute atomic E-state index is 10.1. The van der Waals surface area contributed by atoms with Gasteiger partial charge in [0.2, 0.25) is 0 Å². The van der Waals surface area contributed by atoms with E-state index in [0.29, 0.717) is 0 Å². The number of aromatic nitrogens is 4. The third kappa shape index (κ3) is 152. The zero-order valence-corrected chi connectivity index (χ0v) is 62.1. The zero-order valence-electron chi connectivity index (χ0n) is 52.8. The maximum Gasteiger partial charge on any atom is 2.00 e. The van der Waals surface area contributed by atoms with Crippen molar-refractivity contribution in [2.24, 2.45) is 0 Å². The van der Waals surface area contributed by atoms with Crippen LogP contribution in [0.15, 0.2) is 98.1 Å². The number of hydrogen-bond donors (Lipinski definition) is 0. The number of carboxylic acids is 4. The van der Waals surface area contributed by atoms with Gasteiger partial charge in [0.1, 0.15) is 0 Å². The van der Waals surface area contributed by atoms with Gasteiger partial charge >= 0.3 is 81.7 Å². The minimum absolute atomic E-state index is 0. The van der Waals surface area contributed by atoms with Gasteiger partial charge in [-0.15, -0.1) is 41.0 Å². The van der Waals surface area contributed by atoms with E-state index in [2.05, 4.69) is 172 Å². The fraction of sp³-hybridized carbons (Fsp3) is 0.500. The van der Waals surface area contributed by atoms with Crippen molar-refractivity contribution in [1.82, 2.24) is 59.1 Å². The fourth-order valence-electron chi connectivity index (χ4n) is 3.55. The van der Waals surface area contributed by atoms with Gasteiger partial charge in [-0.2, -0.15) is 0 Å². The van der Waals surface area contributed by atoms with Gasteiger partial charge in [0, 0.05) is 124 Å². The number of halogens is 4. The summed E-state index contributed by atoms with van der Waals surface area (Å²) in [6.45, 7) is 9.17. The molecule has 0 unspecified atom stereocenters. The third-order valence-corrected chi connectivity index (χ3v) is 7.64. The Morgan fingerprint density at radius 3 is 0.370 bits per heavy atom. The predicted molar refractivity (Wildman–Crippen MR) is 263 cm³/mol. The van der Waals surface area contributed by atoms with Gasteiger partial charge in [0.15, 0.2) is 0 Å². The largest absolute Gasteiger partial charge is 2.00 e. The van der Waals surface area contributed by atoms with E-state index in [9.17, 15) is 39.6 Å². The number of carbonyl (C=O) groups excluding carboxylic acids is 4. The molecular formula is C48H80Cl4N12O24Pd4. The van der Waals surface area contributed by atoms with Crippen molar-refractivity contribution in [2.75, 3.05) is 165 Å². The molecular weight excluding hydrogens is 1700 g/mol. The molecule has 0 N–H and O–H groups in total. The first-order chi connectivity index (χ1) is 39.7. The second kappa shape index (κ2) is 71.1. The number of pyridine rings is 4. The van der Waals surface area contributed by atoms with Gasteiger partial charge < -0.3 is 78.8 Å². The van der Waals surface area contributed by atoms with Gasteiger partial charge in [-0.05, 0) is 161 Å². The molecule has 0 aliphatic carbocycles. The topological polar surface area (TPSA) is 607 Å². The average Bonchev–Trinajstić information content (AvgIpc) is 3.36. The summed E-state index contributed by atoms with van der Waals surface area (Å²) in [4.78, 5) is 72.2. The SMILES string of the molecule is CN(C)CCN(C)C.CN(C)CCN(C)C.CN(C)CCN(C)C.CN(C)CCN(C)C.O=C([O-])c1ccncc1.O=C([O-])c1ccncc1.O=C([O-])c1ccncc1.O=C([O-])c1ccncc1.[O-][Cl+3]([O-])([O-])[O-].[O-][Cl+3]([O-])([O-])[O-].[O-][Cl+3]([O-])([O-])[O-].[O-][Cl+3]([O-])([O-])[O-].[Pd+2].[Pd+2].[Pd+2].[Pd+2]. The van der Waals surface area contributed by atoms with Crippen LogP contribution in [0.2, 0.25) is 0 Å². The first kappa shape index (κ1) is 117. The molecule has 4 aromatic rings. The molecule has 0 atom stereocenters. The normalized spacial score (nSPS) is 10.0. The van der Waals surface area contributed by atoms with E-state index in [1.165, 1.54) is 98.1 Å². The molecule has 544 valence electrons. The molecule has 0 saturated carbocycles. The quantitative estimate of drug-likeness (QED) is 0.0940. The molecule has 0 aliphatic heterocycles. The molecule has 4 aromatic heterocycles. The van der Waals surface area contributed by atoms with E-state index < -0.39 is 64.8 Å². The number of likely N-dealkylation sites (N-methyl/N-ethyl adjacent to an activating group) is 8. The first-order valence-electron chi connectivity index (χ1n) is 23.8. The molecule has 4 heterocycles. The van der Waals surface area contributed by atoms with Gasteiger partial charge in [-0.25, -0.2) is 74.5 Å². The van der Waals surface area contributed by atoms with Crippen molar-refractivity contribution < 1.29 is 237 Å². The van der Waals surface area contributed by atoms with Crippen LogP contribution >= 0.6 is 0 Å². The van der Waals surface area contributed by atoms with Crippen LogP contribution in [0.25, 0.3) is 0 Å². The van der Waals surface area contributed by atoms with E-state index >= 15 is 0 Å². The van der Waals surface area contributed by atoms with E-state index in [1.807, 2.05) is 0 Å². The van der Waals surface area contributed by atoms with Crippen molar-refractivity contribution >= 4 is 23.9 Å². The van der Waals surface area contributed by atoms with Crippen molar-refractivity contribution in [1.29, 1.82) is 0 Å². The molecule has 0 aliphatic rings. The fourth-order valence-corrected chi connectivity index (χ4v) is 3.55. The van der Waals surface area contributed by atoms with Crippen molar-refractivity contribution in [3.05, 3.63) is 120 Å². The molecule has 0 amide bonds. The Hall–Kier alpha value is -2.67. The standard InChI is InChI=1S/4C6H16N2.4C6H5NO2.4ClHO4.4Pd/c4*1-7(2)5-6-8(3)4;4*8-6(9)5-1-3-7-4-2-5;4*2-1(3,4)5;;;;/h4*5-6H2,1-4H3;4*1-4H,(H,8,9);4*(H,2,3,4,5);;;;/q;;;;;;;;;;;;4*+2/p-8. The number of carboxylic acid groups (broad SMARTS) is 4. The Bertz CT molecular complexity index is 1870. The van der Waals surface area contributed by atoms with E-state index in [-0.39, 0.29) is 104 Å². The Morgan fingerprint density at radius 2 is 0.326 bits per heavy atom. The molecule has 0 bridgehead atoms. The molecule has 44 heteroatoms. The Morgan fingerprint density at radius 1 is 0.250 bits per heavy atom. The maximum atomic E-state index is 10.1. The van der Waals surface area contributed by atoms with Gasteiger partial charge in [-0.1, -0.05) is 0 Å². The smallest absolute Gasteiger partial charge is 0.545 e. The van der Waals surface area contributed by atoms with E-state index in [0.717, 1.165) is 52.4 Å². The number of nitrogens with zero attached hydrogens (tertiary/aromatic N) is 12. The van der Waals surface area contributed by atoms with Crippen LogP contribution in [0, 0.1) is 41.0 Å². The summed E-state index contributed by atoms with van der Waals surface area (Å²) < 4.78 is 136. The van der Waals surface area contributed by atoms with E-state index in [1.54, 1.807) is 0 Å². The van der Waals surface area contributed by atoms with Crippen LogP contribution in [0.4, 0.5) is 0 Å².